The second-order valence-corrected chi connectivity index (χ2v) is 7.19. The van der Waals surface area contributed by atoms with E-state index in [0.29, 0.717) is 12.1 Å². The van der Waals surface area contributed by atoms with Gasteiger partial charge in [-0.05, 0) is 62.4 Å². The normalized spacial score (nSPS) is 18.0. The number of para-hydroxylation sites is 2. The van der Waals surface area contributed by atoms with E-state index in [9.17, 15) is 0 Å². The number of pyridine rings is 1. The van der Waals surface area contributed by atoms with E-state index < -0.39 is 0 Å². The second kappa shape index (κ2) is 7.98. The lowest BCUT2D eigenvalue weighted by molar-refractivity contribution is 0.363. The van der Waals surface area contributed by atoms with Crippen LogP contribution >= 0.6 is 0 Å². The molecule has 26 heavy (non-hydrogen) atoms. The maximum absolute atomic E-state index is 5.78. The number of rotatable bonds is 7. The lowest BCUT2D eigenvalue weighted by Gasteiger charge is -2.29. The van der Waals surface area contributed by atoms with Crippen LogP contribution in [-0.2, 0) is 12.8 Å². The second-order valence-electron chi connectivity index (χ2n) is 7.19. The van der Waals surface area contributed by atoms with Crippen molar-refractivity contribution in [2.24, 2.45) is 5.73 Å². The summed E-state index contributed by atoms with van der Waals surface area (Å²) in [6.07, 6.45) is 8.35. The molecule has 0 bridgehead atoms. The first-order valence-electron chi connectivity index (χ1n) is 9.67. The molecule has 1 aliphatic rings. The highest BCUT2D eigenvalue weighted by Crippen LogP contribution is 2.28. The summed E-state index contributed by atoms with van der Waals surface area (Å²) >= 11 is 0. The number of hydrogen-bond acceptors (Lipinski definition) is 4. The third kappa shape index (κ3) is 3.79. The monoisotopic (exact) mass is 349 g/mol. The first kappa shape index (κ1) is 17.2. The summed E-state index contributed by atoms with van der Waals surface area (Å²) < 4.78 is 0. The van der Waals surface area contributed by atoms with Crippen molar-refractivity contribution in [3.63, 3.8) is 0 Å². The van der Waals surface area contributed by atoms with Crippen LogP contribution in [0, 0.1) is 0 Å². The van der Waals surface area contributed by atoms with Gasteiger partial charge in [0.2, 0.25) is 0 Å². The molecule has 2 heterocycles. The van der Waals surface area contributed by atoms with Crippen molar-refractivity contribution in [2.75, 3.05) is 6.54 Å². The van der Waals surface area contributed by atoms with Gasteiger partial charge in [-0.25, -0.2) is 4.98 Å². The van der Waals surface area contributed by atoms with Crippen LogP contribution in [0.2, 0.25) is 0 Å². The molecular formula is C21H27N5. The summed E-state index contributed by atoms with van der Waals surface area (Å²) in [7, 11) is 0. The Kier molecular flexibility index (Phi) is 5.27. The molecule has 3 aromatic rings. The Labute approximate surface area is 154 Å². The van der Waals surface area contributed by atoms with Gasteiger partial charge in [-0.1, -0.05) is 18.2 Å². The van der Waals surface area contributed by atoms with Crippen molar-refractivity contribution in [3.05, 3.63) is 59.7 Å². The molecule has 0 saturated heterocycles. The zero-order valence-corrected chi connectivity index (χ0v) is 15.1. The van der Waals surface area contributed by atoms with Crippen LogP contribution in [-0.4, -0.2) is 27.5 Å². The van der Waals surface area contributed by atoms with Crippen molar-refractivity contribution in [2.45, 2.75) is 50.6 Å². The molecule has 2 atom stereocenters. The van der Waals surface area contributed by atoms with Crippen molar-refractivity contribution >= 4 is 11.0 Å². The smallest absolute Gasteiger partial charge is 0.108 e. The Bertz CT molecular complexity index is 823. The van der Waals surface area contributed by atoms with Gasteiger partial charge >= 0.3 is 0 Å². The summed E-state index contributed by atoms with van der Waals surface area (Å²) in [6, 6.07) is 13.1. The van der Waals surface area contributed by atoms with Gasteiger partial charge in [0.05, 0.1) is 16.7 Å². The number of imidazole rings is 1. The van der Waals surface area contributed by atoms with E-state index in [2.05, 4.69) is 33.5 Å². The fourth-order valence-electron chi connectivity index (χ4n) is 4.00. The summed E-state index contributed by atoms with van der Waals surface area (Å²) in [5.74, 6) is 1.04. The SMILES string of the molecule is NCCCC(Cc1nc2ccccc2[nH]1)N[C@H]1CCCc2cccnc21. The lowest BCUT2D eigenvalue weighted by Crippen LogP contribution is -2.37. The summed E-state index contributed by atoms with van der Waals surface area (Å²) in [4.78, 5) is 12.9. The summed E-state index contributed by atoms with van der Waals surface area (Å²) in [6.45, 7) is 0.720. The van der Waals surface area contributed by atoms with Gasteiger partial charge in [0.1, 0.15) is 5.82 Å². The Balaban J connectivity index is 1.52. The lowest BCUT2D eigenvalue weighted by atomic mass is 9.91. The molecule has 1 aliphatic carbocycles. The fourth-order valence-corrected chi connectivity index (χ4v) is 4.00. The molecule has 0 amide bonds. The Morgan fingerprint density at radius 3 is 3.04 bits per heavy atom. The van der Waals surface area contributed by atoms with E-state index in [0.717, 1.165) is 55.5 Å². The van der Waals surface area contributed by atoms with Crippen LogP contribution in [0.1, 0.15) is 48.8 Å². The maximum atomic E-state index is 5.78. The number of nitrogens with one attached hydrogen (secondary N) is 2. The largest absolute Gasteiger partial charge is 0.342 e. The van der Waals surface area contributed by atoms with E-state index >= 15 is 0 Å². The zero-order valence-electron chi connectivity index (χ0n) is 15.1. The van der Waals surface area contributed by atoms with Crippen LogP contribution in [0.5, 0.6) is 0 Å². The highest BCUT2D eigenvalue weighted by molar-refractivity contribution is 5.74. The van der Waals surface area contributed by atoms with E-state index in [1.807, 2.05) is 24.4 Å². The van der Waals surface area contributed by atoms with Crippen molar-refractivity contribution in [1.82, 2.24) is 20.3 Å². The number of hydrogen-bond donors (Lipinski definition) is 3. The molecule has 4 rings (SSSR count). The molecule has 0 spiro atoms. The highest BCUT2D eigenvalue weighted by Gasteiger charge is 2.24. The molecule has 2 aromatic heterocycles. The van der Waals surface area contributed by atoms with E-state index in [1.54, 1.807) is 0 Å². The molecule has 136 valence electrons. The molecule has 0 radical (unpaired) electrons. The standard InChI is InChI=1S/C21H27N5/c22-12-4-8-16(14-20-25-17-9-1-2-10-18(17)26-20)24-19-11-3-6-15-7-5-13-23-21(15)19/h1-2,5,7,9-10,13,16,19,24H,3-4,6,8,11-12,14,22H2,(H,25,26)/t16?,19-/m0/s1. The molecule has 0 fully saturated rings. The van der Waals surface area contributed by atoms with Crippen molar-refractivity contribution < 1.29 is 0 Å². The minimum Gasteiger partial charge on any atom is -0.342 e. The number of aromatic nitrogens is 3. The van der Waals surface area contributed by atoms with Crippen LogP contribution < -0.4 is 11.1 Å². The molecule has 1 aromatic carbocycles. The molecule has 0 aliphatic heterocycles. The predicted octanol–water partition coefficient (Wildman–Crippen LogP) is 3.28. The number of fused-ring (bicyclic) bond motifs is 2. The third-order valence-corrected chi connectivity index (χ3v) is 5.27. The summed E-state index contributed by atoms with van der Waals surface area (Å²) in [5, 5.41) is 3.86. The van der Waals surface area contributed by atoms with Gasteiger partial charge in [-0.15, -0.1) is 0 Å². The van der Waals surface area contributed by atoms with Gasteiger partial charge in [0.15, 0.2) is 0 Å². The Hall–Kier alpha value is -2.24. The number of H-pyrrole nitrogens is 1. The number of aromatic amines is 1. The molecular weight excluding hydrogens is 322 g/mol. The molecule has 1 unspecified atom stereocenters. The fraction of sp³-hybridized carbons (Fsp3) is 0.429. The Morgan fingerprint density at radius 2 is 2.15 bits per heavy atom. The van der Waals surface area contributed by atoms with Crippen LogP contribution in [0.3, 0.4) is 0 Å². The van der Waals surface area contributed by atoms with Gasteiger partial charge in [-0.2, -0.15) is 0 Å². The number of benzene rings is 1. The van der Waals surface area contributed by atoms with Crippen LogP contribution in [0.4, 0.5) is 0 Å². The third-order valence-electron chi connectivity index (χ3n) is 5.27. The zero-order chi connectivity index (χ0) is 17.8. The molecule has 5 nitrogen and oxygen atoms in total. The van der Waals surface area contributed by atoms with E-state index in [-0.39, 0.29) is 0 Å². The molecule has 0 saturated carbocycles. The van der Waals surface area contributed by atoms with Gasteiger partial charge < -0.3 is 16.0 Å². The minimum atomic E-state index is 0.326. The first-order chi connectivity index (χ1) is 12.8. The van der Waals surface area contributed by atoms with E-state index in [1.165, 1.54) is 17.7 Å². The number of nitrogens with zero attached hydrogens (tertiary/aromatic N) is 2. The average Bonchev–Trinajstić information content (AvgIpc) is 3.08. The Morgan fingerprint density at radius 1 is 1.23 bits per heavy atom. The van der Waals surface area contributed by atoms with Gasteiger partial charge in [-0.3, -0.25) is 4.98 Å². The van der Waals surface area contributed by atoms with Gasteiger partial charge in [0, 0.05) is 24.7 Å². The van der Waals surface area contributed by atoms with Crippen LogP contribution in [0.25, 0.3) is 11.0 Å². The average molecular weight is 349 g/mol. The van der Waals surface area contributed by atoms with E-state index in [4.69, 9.17) is 10.7 Å². The minimum absolute atomic E-state index is 0.326. The van der Waals surface area contributed by atoms with Crippen LogP contribution in [0.15, 0.2) is 42.6 Å². The van der Waals surface area contributed by atoms with Crippen molar-refractivity contribution in [1.29, 1.82) is 0 Å². The predicted molar refractivity (Wildman–Crippen MR) is 105 cm³/mol. The quantitative estimate of drug-likeness (QED) is 0.611. The number of nitrogens with two attached hydrogens (primary N) is 1. The topological polar surface area (TPSA) is 79.6 Å². The first-order valence-corrected chi connectivity index (χ1v) is 9.67. The van der Waals surface area contributed by atoms with Gasteiger partial charge in [0.25, 0.3) is 0 Å². The molecule has 4 N–H and O–H groups in total. The highest BCUT2D eigenvalue weighted by atomic mass is 15.0. The van der Waals surface area contributed by atoms with Crippen molar-refractivity contribution in [3.8, 4) is 0 Å². The summed E-state index contributed by atoms with van der Waals surface area (Å²) in [5.41, 5.74) is 10.5. The number of aryl methyl sites for hydroxylation is 1. The molecule has 5 heteroatoms. The maximum Gasteiger partial charge on any atom is 0.108 e.